The van der Waals surface area contributed by atoms with Crippen LogP contribution in [0.5, 0.6) is 0 Å². The highest BCUT2D eigenvalue weighted by Gasteiger charge is 2.17. The van der Waals surface area contributed by atoms with Crippen LogP contribution in [0, 0.1) is 0 Å². The molecule has 0 radical (unpaired) electrons. The van der Waals surface area contributed by atoms with Crippen molar-refractivity contribution < 1.29 is 8.42 Å². The van der Waals surface area contributed by atoms with E-state index in [-0.39, 0.29) is 4.21 Å². The molecule has 0 amide bonds. The summed E-state index contributed by atoms with van der Waals surface area (Å²) in [5.41, 5.74) is 6.01. The molecular weight excluding hydrogens is 258 g/mol. The van der Waals surface area contributed by atoms with E-state index in [2.05, 4.69) is 9.62 Å². The molecule has 0 aromatic carbocycles. The normalized spacial score (nSPS) is 17.6. The number of sulfonamides is 1. The van der Waals surface area contributed by atoms with E-state index in [0.29, 0.717) is 12.2 Å². The van der Waals surface area contributed by atoms with Gasteiger partial charge in [0.2, 0.25) is 10.0 Å². The van der Waals surface area contributed by atoms with Gasteiger partial charge in [0.05, 0.1) is 0 Å². The summed E-state index contributed by atoms with van der Waals surface area (Å²) < 4.78 is 26.6. The van der Waals surface area contributed by atoms with Crippen molar-refractivity contribution in [2.24, 2.45) is 0 Å². The Morgan fingerprint density at radius 3 is 2.71 bits per heavy atom. The van der Waals surface area contributed by atoms with Crippen LogP contribution in [0.2, 0.25) is 0 Å². The van der Waals surface area contributed by atoms with E-state index in [1.165, 1.54) is 18.9 Å². The summed E-state index contributed by atoms with van der Waals surface area (Å²) in [6.07, 6.45) is 2.43. The Bertz CT molecular complexity index is 464. The van der Waals surface area contributed by atoms with E-state index >= 15 is 0 Å². The molecule has 7 heteroatoms. The molecule has 0 spiro atoms. The molecule has 96 valence electrons. The van der Waals surface area contributed by atoms with Crippen molar-refractivity contribution in [3.63, 3.8) is 0 Å². The van der Waals surface area contributed by atoms with Crippen LogP contribution in [0.4, 0.5) is 5.69 Å². The fourth-order valence-corrected chi connectivity index (χ4v) is 4.03. The summed E-state index contributed by atoms with van der Waals surface area (Å²) in [5.74, 6) is 0. The van der Waals surface area contributed by atoms with Crippen molar-refractivity contribution in [3.05, 3.63) is 11.4 Å². The molecule has 1 fully saturated rings. The second-order valence-corrected chi connectivity index (χ2v) is 7.05. The lowest BCUT2D eigenvalue weighted by Gasteiger charge is -2.14. The van der Waals surface area contributed by atoms with Crippen LogP contribution in [-0.2, 0) is 10.0 Å². The van der Waals surface area contributed by atoms with Gasteiger partial charge in [0.25, 0.3) is 0 Å². The van der Waals surface area contributed by atoms with Crippen molar-refractivity contribution in [3.8, 4) is 0 Å². The van der Waals surface area contributed by atoms with Crippen LogP contribution in [0.25, 0.3) is 0 Å². The largest absolute Gasteiger partial charge is 0.398 e. The summed E-state index contributed by atoms with van der Waals surface area (Å²) in [5, 5.41) is 1.63. The van der Waals surface area contributed by atoms with Crippen molar-refractivity contribution in [1.29, 1.82) is 0 Å². The maximum absolute atomic E-state index is 11.8. The number of rotatable bonds is 5. The fourth-order valence-electron chi connectivity index (χ4n) is 1.89. The topological polar surface area (TPSA) is 75.4 Å². The highest BCUT2D eigenvalue weighted by Crippen LogP contribution is 2.21. The molecule has 2 rings (SSSR count). The third kappa shape index (κ3) is 3.41. The Morgan fingerprint density at radius 1 is 1.41 bits per heavy atom. The van der Waals surface area contributed by atoms with Crippen molar-refractivity contribution in [1.82, 2.24) is 9.62 Å². The molecule has 5 nitrogen and oxygen atoms in total. The number of nitrogens with two attached hydrogens (primary N) is 1. The van der Waals surface area contributed by atoms with E-state index in [4.69, 9.17) is 5.73 Å². The summed E-state index contributed by atoms with van der Waals surface area (Å²) >= 11 is 1.15. The van der Waals surface area contributed by atoms with Crippen LogP contribution in [0.15, 0.2) is 15.7 Å². The summed E-state index contributed by atoms with van der Waals surface area (Å²) in [4.78, 5) is 2.27. The Balaban J connectivity index is 1.85. The van der Waals surface area contributed by atoms with E-state index in [1.54, 1.807) is 5.38 Å². The smallest absolute Gasteiger partial charge is 0.250 e. The average molecular weight is 275 g/mol. The SMILES string of the molecule is Nc1csc(S(=O)(=O)NCCN2CCCC2)c1. The Labute approximate surface area is 106 Å². The molecule has 1 saturated heterocycles. The van der Waals surface area contributed by atoms with Crippen LogP contribution in [0.1, 0.15) is 12.8 Å². The standard InChI is InChI=1S/C10H17N3O2S2/c11-9-7-10(16-8-9)17(14,15)12-3-6-13-4-1-2-5-13/h7-8,12H,1-6,11H2. The molecule has 0 aliphatic carbocycles. The molecule has 0 bridgehead atoms. The van der Waals surface area contributed by atoms with Crippen molar-refractivity contribution in [2.45, 2.75) is 17.1 Å². The first-order chi connectivity index (χ1) is 8.08. The van der Waals surface area contributed by atoms with Gasteiger partial charge in [0.1, 0.15) is 4.21 Å². The summed E-state index contributed by atoms with van der Waals surface area (Å²) in [6, 6.07) is 1.49. The average Bonchev–Trinajstić information content (AvgIpc) is 2.89. The molecule has 1 aliphatic rings. The summed E-state index contributed by atoms with van der Waals surface area (Å²) in [6.45, 7) is 3.39. The zero-order valence-corrected chi connectivity index (χ0v) is 11.2. The number of hydrogen-bond acceptors (Lipinski definition) is 5. The molecule has 1 aromatic rings. The molecule has 0 saturated carbocycles. The minimum atomic E-state index is -3.37. The monoisotopic (exact) mass is 275 g/mol. The van der Waals surface area contributed by atoms with E-state index < -0.39 is 10.0 Å². The molecule has 0 atom stereocenters. The zero-order valence-electron chi connectivity index (χ0n) is 9.55. The number of thiophene rings is 1. The number of likely N-dealkylation sites (tertiary alicyclic amines) is 1. The number of anilines is 1. The lowest BCUT2D eigenvalue weighted by atomic mass is 10.4. The van der Waals surface area contributed by atoms with Gasteiger partial charge in [-0.05, 0) is 32.0 Å². The Hall–Kier alpha value is -0.630. The Morgan fingerprint density at radius 2 is 2.12 bits per heavy atom. The van der Waals surface area contributed by atoms with E-state index in [0.717, 1.165) is 31.0 Å². The van der Waals surface area contributed by atoms with Gasteiger partial charge in [-0.15, -0.1) is 11.3 Å². The molecule has 3 N–H and O–H groups in total. The van der Waals surface area contributed by atoms with Crippen molar-refractivity contribution >= 4 is 27.0 Å². The first kappa shape index (κ1) is 12.8. The van der Waals surface area contributed by atoms with Crippen LogP contribution in [-0.4, -0.2) is 39.5 Å². The van der Waals surface area contributed by atoms with Crippen LogP contribution in [0.3, 0.4) is 0 Å². The van der Waals surface area contributed by atoms with Gasteiger partial charge in [-0.1, -0.05) is 0 Å². The second-order valence-electron chi connectivity index (χ2n) is 4.15. The van der Waals surface area contributed by atoms with Gasteiger partial charge in [0, 0.05) is 24.2 Å². The van der Waals surface area contributed by atoms with Gasteiger partial charge in [-0.25, -0.2) is 13.1 Å². The first-order valence-corrected chi connectivity index (χ1v) is 8.00. The lowest BCUT2D eigenvalue weighted by molar-refractivity contribution is 0.344. The lowest BCUT2D eigenvalue weighted by Crippen LogP contribution is -2.33. The molecule has 2 heterocycles. The van der Waals surface area contributed by atoms with Gasteiger partial charge in [0.15, 0.2) is 0 Å². The fraction of sp³-hybridized carbons (Fsp3) is 0.600. The second kappa shape index (κ2) is 5.34. The Kier molecular flexibility index (Phi) is 4.03. The molecule has 1 aromatic heterocycles. The minimum absolute atomic E-state index is 0.288. The predicted octanol–water partition coefficient (Wildman–Crippen LogP) is 0.704. The van der Waals surface area contributed by atoms with Gasteiger partial charge in [-0.3, -0.25) is 0 Å². The van der Waals surface area contributed by atoms with Crippen LogP contribution >= 0.6 is 11.3 Å². The number of nitrogens with zero attached hydrogens (tertiary/aromatic N) is 1. The minimum Gasteiger partial charge on any atom is -0.398 e. The predicted molar refractivity (Wildman–Crippen MR) is 69.6 cm³/mol. The quantitative estimate of drug-likeness (QED) is 0.829. The van der Waals surface area contributed by atoms with Gasteiger partial charge in [-0.2, -0.15) is 0 Å². The highest BCUT2D eigenvalue weighted by molar-refractivity contribution is 7.91. The van der Waals surface area contributed by atoms with E-state index in [1.807, 2.05) is 0 Å². The molecular formula is C10H17N3O2S2. The summed E-state index contributed by atoms with van der Waals surface area (Å²) in [7, 11) is -3.37. The maximum atomic E-state index is 11.8. The molecule has 1 aliphatic heterocycles. The third-order valence-electron chi connectivity index (χ3n) is 2.78. The number of nitrogens with one attached hydrogen (secondary N) is 1. The zero-order chi connectivity index (χ0) is 12.3. The van der Waals surface area contributed by atoms with Gasteiger partial charge < -0.3 is 10.6 Å². The van der Waals surface area contributed by atoms with E-state index in [9.17, 15) is 8.42 Å². The van der Waals surface area contributed by atoms with Gasteiger partial charge >= 0.3 is 0 Å². The van der Waals surface area contributed by atoms with Crippen molar-refractivity contribution in [2.75, 3.05) is 31.9 Å². The third-order valence-corrected chi connectivity index (χ3v) is 5.70. The number of hydrogen-bond donors (Lipinski definition) is 2. The van der Waals surface area contributed by atoms with Crippen LogP contribution < -0.4 is 10.5 Å². The molecule has 0 unspecified atom stereocenters. The molecule has 17 heavy (non-hydrogen) atoms. The maximum Gasteiger partial charge on any atom is 0.250 e. The highest BCUT2D eigenvalue weighted by atomic mass is 32.2. The first-order valence-electron chi connectivity index (χ1n) is 5.64. The number of nitrogen functional groups attached to an aromatic ring is 1.